The fraction of sp³-hybridized carbons (Fsp3) is 0.333. The van der Waals surface area contributed by atoms with Crippen molar-refractivity contribution in [3.8, 4) is 0 Å². The SMILES string of the molecule is Cc1cc(F)c(Sc2cnc(NC(=O)C3CC3)s2)cc1C. The third-order valence-electron chi connectivity index (χ3n) is 3.42. The Morgan fingerprint density at radius 2 is 2.10 bits per heavy atom. The molecule has 1 saturated carbocycles. The molecule has 1 aliphatic rings. The third-order valence-corrected chi connectivity index (χ3v) is 5.47. The second-order valence-electron chi connectivity index (χ2n) is 5.22. The first-order valence-electron chi connectivity index (χ1n) is 6.74. The highest BCUT2D eigenvalue weighted by Crippen LogP contribution is 2.37. The number of benzene rings is 1. The van der Waals surface area contributed by atoms with Crippen molar-refractivity contribution in [3.05, 3.63) is 35.3 Å². The molecule has 3 rings (SSSR count). The van der Waals surface area contributed by atoms with E-state index in [1.807, 2.05) is 19.9 Å². The summed E-state index contributed by atoms with van der Waals surface area (Å²) in [5, 5.41) is 3.39. The minimum absolute atomic E-state index is 0.0401. The average molecular weight is 322 g/mol. The highest BCUT2D eigenvalue weighted by atomic mass is 32.2. The second kappa shape index (κ2) is 5.77. The molecule has 0 atom stereocenters. The summed E-state index contributed by atoms with van der Waals surface area (Å²) in [4.78, 5) is 16.4. The molecule has 0 saturated heterocycles. The minimum Gasteiger partial charge on any atom is -0.302 e. The van der Waals surface area contributed by atoms with Gasteiger partial charge in [0.15, 0.2) is 5.13 Å². The molecule has 1 aliphatic carbocycles. The van der Waals surface area contributed by atoms with Crippen molar-refractivity contribution in [2.75, 3.05) is 5.32 Å². The van der Waals surface area contributed by atoms with Gasteiger partial charge in [0.1, 0.15) is 5.82 Å². The number of amides is 1. The lowest BCUT2D eigenvalue weighted by molar-refractivity contribution is -0.117. The molecule has 110 valence electrons. The van der Waals surface area contributed by atoms with E-state index in [1.54, 1.807) is 12.3 Å². The van der Waals surface area contributed by atoms with E-state index >= 15 is 0 Å². The van der Waals surface area contributed by atoms with Gasteiger partial charge >= 0.3 is 0 Å². The predicted molar refractivity (Wildman–Crippen MR) is 83.5 cm³/mol. The van der Waals surface area contributed by atoms with Crippen molar-refractivity contribution < 1.29 is 9.18 Å². The van der Waals surface area contributed by atoms with Crippen LogP contribution < -0.4 is 5.32 Å². The summed E-state index contributed by atoms with van der Waals surface area (Å²) < 4.78 is 14.8. The van der Waals surface area contributed by atoms with Crippen LogP contribution in [0.2, 0.25) is 0 Å². The van der Waals surface area contributed by atoms with Crippen molar-refractivity contribution in [2.45, 2.75) is 35.8 Å². The Kier molecular flexibility index (Phi) is 3.99. The van der Waals surface area contributed by atoms with Crippen LogP contribution in [-0.2, 0) is 4.79 Å². The summed E-state index contributed by atoms with van der Waals surface area (Å²) in [7, 11) is 0. The molecule has 0 unspecified atom stereocenters. The van der Waals surface area contributed by atoms with Gasteiger partial charge in [-0.1, -0.05) is 23.1 Å². The smallest absolute Gasteiger partial charge is 0.229 e. The maximum atomic E-state index is 13.9. The van der Waals surface area contributed by atoms with Crippen molar-refractivity contribution in [3.63, 3.8) is 0 Å². The van der Waals surface area contributed by atoms with Gasteiger partial charge in [0, 0.05) is 10.8 Å². The number of carbonyl (C=O) groups is 1. The van der Waals surface area contributed by atoms with Crippen LogP contribution in [0.1, 0.15) is 24.0 Å². The van der Waals surface area contributed by atoms with Gasteiger partial charge in [-0.3, -0.25) is 4.79 Å². The lowest BCUT2D eigenvalue weighted by Gasteiger charge is -2.05. The first-order valence-corrected chi connectivity index (χ1v) is 8.37. The lowest BCUT2D eigenvalue weighted by atomic mass is 10.1. The molecule has 0 spiro atoms. The first kappa shape index (κ1) is 14.5. The van der Waals surface area contributed by atoms with E-state index in [0.29, 0.717) is 10.0 Å². The van der Waals surface area contributed by atoms with E-state index in [4.69, 9.17) is 0 Å². The van der Waals surface area contributed by atoms with Gasteiger partial charge in [-0.05, 0) is 49.9 Å². The zero-order valence-electron chi connectivity index (χ0n) is 11.8. The third kappa shape index (κ3) is 3.44. The van der Waals surface area contributed by atoms with Crippen LogP contribution in [0.15, 0.2) is 27.4 Å². The molecule has 3 nitrogen and oxygen atoms in total. The highest BCUT2D eigenvalue weighted by Gasteiger charge is 2.30. The number of carbonyl (C=O) groups excluding carboxylic acids is 1. The molecule has 0 aliphatic heterocycles. The highest BCUT2D eigenvalue weighted by molar-refractivity contribution is 8.01. The zero-order valence-corrected chi connectivity index (χ0v) is 13.4. The fourth-order valence-corrected chi connectivity index (χ4v) is 3.80. The maximum absolute atomic E-state index is 13.9. The first-order chi connectivity index (χ1) is 10.0. The number of aryl methyl sites for hydroxylation is 2. The summed E-state index contributed by atoms with van der Waals surface area (Å²) in [5.74, 6) is -0.0273. The number of thiazole rings is 1. The molecule has 1 heterocycles. The molecule has 2 aromatic rings. The van der Waals surface area contributed by atoms with Crippen LogP contribution in [0, 0.1) is 25.6 Å². The van der Waals surface area contributed by atoms with Crippen molar-refractivity contribution >= 4 is 34.1 Å². The Bertz CT molecular complexity index is 695. The molecule has 0 radical (unpaired) electrons. The van der Waals surface area contributed by atoms with Crippen LogP contribution in [0.3, 0.4) is 0 Å². The van der Waals surface area contributed by atoms with E-state index in [2.05, 4.69) is 10.3 Å². The molecule has 1 amide bonds. The molecular formula is C15H15FN2OS2. The minimum atomic E-state index is -0.222. The number of halogens is 1. The summed E-state index contributed by atoms with van der Waals surface area (Å²) in [5.41, 5.74) is 2.00. The molecule has 6 heteroatoms. The predicted octanol–water partition coefficient (Wildman–Crippen LogP) is 4.40. The largest absolute Gasteiger partial charge is 0.302 e. The van der Waals surface area contributed by atoms with Gasteiger partial charge < -0.3 is 5.32 Å². The van der Waals surface area contributed by atoms with Crippen LogP contribution in [0.25, 0.3) is 0 Å². The number of nitrogens with one attached hydrogen (secondary N) is 1. The summed E-state index contributed by atoms with van der Waals surface area (Å²) in [6, 6.07) is 3.39. The Hall–Kier alpha value is -1.40. The zero-order chi connectivity index (χ0) is 15.0. The molecule has 1 N–H and O–H groups in total. The number of hydrogen-bond donors (Lipinski definition) is 1. The number of aromatic nitrogens is 1. The van der Waals surface area contributed by atoms with Crippen LogP contribution >= 0.6 is 23.1 Å². The molecule has 1 aromatic carbocycles. The Morgan fingerprint density at radius 3 is 2.81 bits per heavy atom. The van der Waals surface area contributed by atoms with E-state index < -0.39 is 0 Å². The number of hydrogen-bond acceptors (Lipinski definition) is 4. The van der Waals surface area contributed by atoms with E-state index in [0.717, 1.165) is 28.2 Å². The molecule has 0 bridgehead atoms. The number of nitrogens with zero attached hydrogens (tertiary/aromatic N) is 1. The summed E-state index contributed by atoms with van der Waals surface area (Å²) in [6.45, 7) is 3.86. The van der Waals surface area contributed by atoms with Crippen molar-refractivity contribution in [2.24, 2.45) is 5.92 Å². The standard InChI is InChI=1S/C15H15FN2OS2/c1-8-5-11(16)12(6-9(8)2)20-13-7-17-15(21-13)18-14(19)10-3-4-10/h5-7,10H,3-4H2,1-2H3,(H,17,18,19). The van der Waals surface area contributed by atoms with Gasteiger partial charge in [-0.15, -0.1) is 0 Å². The van der Waals surface area contributed by atoms with Gasteiger partial charge in [0.2, 0.25) is 5.91 Å². The Morgan fingerprint density at radius 1 is 1.38 bits per heavy atom. The van der Waals surface area contributed by atoms with Crippen molar-refractivity contribution in [1.29, 1.82) is 0 Å². The van der Waals surface area contributed by atoms with E-state index in [-0.39, 0.29) is 17.6 Å². The monoisotopic (exact) mass is 322 g/mol. The second-order valence-corrected chi connectivity index (χ2v) is 7.59. The molecule has 1 fully saturated rings. The molecular weight excluding hydrogens is 307 g/mol. The van der Waals surface area contributed by atoms with Crippen LogP contribution in [0.5, 0.6) is 0 Å². The molecule has 1 aromatic heterocycles. The topological polar surface area (TPSA) is 42.0 Å². The van der Waals surface area contributed by atoms with Crippen LogP contribution in [0.4, 0.5) is 9.52 Å². The summed E-state index contributed by atoms with van der Waals surface area (Å²) >= 11 is 2.71. The summed E-state index contributed by atoms with van der Waals surface area (Å²) in [6.07, 6.45) is 3.60. The lowest BCUT2D eigenvalue weighted by Crippen LogP contribution is -2.12. The number of anilines is 1. The van der Waals surface area contributed by atoms with Gasteiger partial charge in [0.05, 0.1) is 10.4 Å². The van der Waals surface area contributed by atoms with E-state index in [9.17, 15) is 9.18 Å². The Labute approximate surface area is 131 Å². The average Bonchev–Trinajstić information content (AvgIpc) is 3.19. The quantitative estimate of drug-likeness (QED) is 0.907. The van der Waals surface area contributed by atoms with Gasteiger partial charge in [-0.2, -0.15) is 0 Å². The normalized spacial score (nSPS) is 14.2. The number of rotatable bonds is 4. The maximum Gasteiger partial charge on any atom is 0.229 e. The van der Waals surface area contributed by atoms with Gasteiger partial charge in [-0.25, -0.2) is 9.37 Å². The fourth-order valence-electron chi connectivity index (χ4n) is 1.86. The van der Waals surface area contributed by atoms with Crippen molar-refractivity contribution in [1.82, 2.24) is 4.98 Å². The van der Waals surface area contributed by atoms with Crippen LogP contribution in [-0.4, -0.2) is 10.9 Å². The molecule has 21 heavy (non-hydrogen) atoms. The van der Waals surface area contributed by atoms with Gasteiger partial charge in [0.25, 0.3) is 0 Å². The Balaban J connectivity index is 1.72. The van der Waals surface area contributed by atoms with E-state index in [1.165, 1.54) is 23.1 Å².